The van der Waals surface area contributed by atoms with Crippen LogP contribution in [0.3, 0.4) is 0 Å². The molecule has 0 aliphatic carbocycles. The van der Waals surface area contributed by atoms with Crippen molar-refractivity contribution in [2.45, 2.75) is 32.7 Å². The first-order valence-electron chi connectivity index (χ1n) is 13.8. The summed E-state index contributed by atoms with van der Waals surface area (Å²) in [6.45, 7) is 0.799. The largest absolute Gasteiger partial charge is 0.493 e. The van der Waals surface area contributed by atoms with Crippen molar-refractivity contribution in [2.24, 2.45) is 0 Å². The van der Waals surface area contributed by atoms with Gasteiger partial charge in [0.1, 0.15) is 13.2 Å². The molecule has 4 aromatic rings. The summed E-state index contributed by atoms with van der Waals surface area (Å²) >= 11 is 0. The Morgan fingerprint density at radius 2 is 1.48 bits per heavy atom. The molecule has 0 fully saturated rings. The summed E-state index contributed by atoms with van der Waals surface area (Å²) in [5, 5.41) is 13.1. The van der Waals surface area contributed by atoms with E-state index in [2.05, 4.69) is 5.32 Å². The lowest BCUT2D eigenvalue weighted by atomic mass is 10.0. The van der Waals surface area contributed by atoms with Crippen LogP contribution >= 0.6 is 0 Å². The van der Waals surface area contributed by atoms with Gasteiger partial charge in [-0.25, -0.2) is 0 Å². The van der Waals surface area contributed by atoms with Gasteiger partial charge in [0.05, 0.1) is 28.6 Å². The van der Waals surface area contributed by atoms with E-state index in [1.165, 1.54) is 0 Å². The highest BCUT2D eigenvalue weighted by Crippen LogP contribution is 2.35. The standard InChI is InChI=1S/C33H35NO6/c1-37-30-16-14-27(28(21-35)33(30)40-23-26-11-7-4-8-12-26)20-32(36)34-18-17-24-13-15-29(31(19-24)38-2)39-22-25-9-5-3-6-10-25/h3-16,19,35H,17-18,20-23H2,1-2H3,(H,34,36)/i1D. The first-order chi connectivity index (χ1) is 20.1. The number of aliphatic hydroxyl groups is 1. The highest BCUT2D eigenvalue weighted by molar-refractivity contribution is 5.79. The van der Waals surface area contributed by atoms with Crippen molar-refractivity contribution in [3.05, 3.63) is 119 Å². The van der Waals surface area contributed by atoms with Gasteiger partial charge < -0.3 is 29.4 Å². The van der Waals surface area contributed by atoms with Crippen LogP contribution in [0.5, 0.6) is 23.0 Å². The molecular formula is C33H35NO6. The molecule has 0 aliphatic rings. The summed E-state index contributed by atoms with van der Waals surface area (Å²) in [4.78, 5) is 12.8. The van der Waals surface area contributed by atoms with Crippen LogP contribution in [0.1, 0.15) is 29.2 Å². The third kappa shape index (κ3) is 7.77. The SMILES string of the molecule is [2H]COc1ccc(CC(=O)NCCc2ccc(OCc3ccccc3)c(OC)c2)c(CO)c1OCc1ccccc1. The molecular weight excluding hydrogens is 506 g/mol. The lowest BCUT2D eigenvalue weighted by Crippen LogP contribution is -2.27. The van der Waals surface area contributed by atoms with E-state index in [9.17, 15) is 9.90 Å². The van der Waals surface area contributed by atoms with Gasteiger partial charge in [-0.2, -0.15) is 0 Å². The van der Waals surface area contributed by atoms with Crippen LogP contribution in [0.15, 0.2) is 91.0 Å². The predicted molar refractivity (Wildman–Crippen MR) is 154 cm³/mol. The number of nitrogens with one attached hydrogen (secondary N) is 1. The average Bonchev–Trinajstić information content (AvgIpc) is 3.01. The minimum absolute atomic E-state index is 0.0638. The average molecular weight is 543 g/mol. The number of hydrogen-bond donors (Lipinski definition) is 2. The second kappa shape index (κ2) is 14.6. The summed E-state index contributed by atoms with van der Waals surface area (Å²) in [5.41, 5.74) is 4.12. The van der Waals surface area contributed by atoms with Crippen LogP contribution in [0.2, 0.25) is 0 Å². The number of aliphatic hydroxyl groups excluding tert-OH is 1. The van der Waals surface area contributed by atoms with E-state index in [0.29, 0.717) is 53.7 Å². The zero-order valence-electron chi connectivity index (χ0n) is 23.6. The van der Waals surface area contributed by atoms with Gasteiger partial charge in [0.25, 0.3) is 0 Å². The minimum Gasteiger partial charge on any atom is -0.493 e. The van der Waals surface area contributed by atoms with Crippen molar-refractivity contribution < 1.29 is 30.2 Å². The predicted octanol–water partition coefficient (Wildman–Crippen LogP) is 5.26. The lowest BCUT2D eigenvalue weighted by Gasteiger charge is -2.17. The molecule has 0 radical (unpaired) electrons. The van der Waals surface area contributed by atoms with Crippen LogP contribution in [-0.4, -0.2) is 31.8 Å². The van der Waals surface area contributed by atoms with Crippen LogP contribution in [0.25, 0.3) is 0 Å². The second-order valence-corrected chi connectivity index (χ2v) is 9.14. The van der Waals surface area contributed by atoms with Gasteiger partial charge in [0.15, 0.2) is 23.0 Å². The number of carbonyl (C=O) groups excluding carboxylic acids is 1. The highest BCUT2D eigenvalue weighted by atomic mass is 16.5. The van der Waals surface area contributed by atoms with Gasteiger partial charge in [-0.3, -0.25) is 4.79 Å². The third-order valence-electron chi connectivity index (χ3n) is 6.41. The van der Waals surface area contributed by atoms with Crippen LogP contribution in [0, 0.1) is 0 Å². The van der Waals surface area contributed by atoms with E-state index in [0.717, 1.165) is 16.7 Å². The molecule has 208 valence electrons. The summed E-state index contributed by atoms with van der Waals surface area (Å²) in [7, 11) is 1.31. The zero-order valence-corrected chi connectivity index (χ0v) is 22.6. The number of carbonyl (C=O) groups is 1. The van der Waals surface area contributed by atoms with Gasteiger partial charge in [0.2, 0.25) is 5.91 Å². The monoisotopic (exact) mass is 542 g/mol. The Kier molecular flexibility index (Phi) is 9.89. The third-order valence-corrected chi connectivity index (χ3v) is 6.41. The first kappa shape index (κ1) is 27.1. The van der Waals surface area contributed by atoms with Crippen molar-refractivity contribution >= 4 is 5.91 Å². The van der Waals surface area contributed by atoms with Gasteiger partial charge in [-0.05, 0) is 46.9 Å². The van der Waals surface area contributed by atoms with Crippen molar-refractivity contribution in [2.75, 3.05) is 20.7 Å². The summed E-state index contributed by atoms with van der Waals surface area (Å²) in [6, 6.07) is 28.7. The molecule has 1 amide bonds. The maximum Gasteiger partial charge on any atom is 0.224 e. The number of methoxy groups -OCH3 is 2. The fourth-order valence-electron chi connectivity index (χ4n) is 4.29. The molecule has 0 bridgehead atoms. The quantitative estimate of drug-likeness (QED) is 0.226. The lowest BCUT2D eigenvalue weighted by molar-refractivity contribution is -0.120. The Balaban J connectivity index is 1.35. The van der Waals surface area contributed by atoms with E-state index in [-0.39, 0.29) is 32.6 Å². The Bertz CT molecular complexity index is 1400. The molecule has 7 nitrogen and oxygen atoms in total. The number of amides is 1. The van der Waals surface area contributed by atoms with E-state index in [1.54, 1.807) is 19.2 Å². The molecule has 0 aliphatic heterocycles. The molecule has 0 aromatic heterocycles. The van der Waals surface area contributed by atoms with E-state index in [4.69, 9.17) is 20.3 Å². The Hall–Kier alpha value is -4.49. The van der Waals surface area contributed by atoms with E-state index in [1.807, 2.05) is 78.9 Å². The molecule has 0 saturated carbocycles. The number of rotatable bonds is 14. The summed E-state index contributed by atoms with van der Waals surface area (Å²) < 4.78 is 30.3. The summed E-state index contributed by atoms with van der Waals surface area (Å²) in [5.74, 6) is 1.81. The van der Waals surface area contributed by atoms with Crippen molar-refractivity contribution in [1.29, 1.82) is 0 Å². The van der Waals surface area contributed by atoms with Gasteiger partial charge in [-0.15, -0.1) is 0 Å². The van der Waals surface area contributed by atoms with Gasteiger partial charge in [0, 0.05) is 12.1 Å². The molecule has 0 unspecified atom stereocenters. The topological polar surface area (TPSA) is 86.3 Å². The molecule has 40 heavy (non-hydrogen) atoms. The molecule has 0 spiro atoms. The fourth-order valence-corrected chi connectivity index (χ4v) is 4.29. The van der Waals surface area contributed by atoms with Gasteiger partial charge >= 0.3 is 0 Å². The highest BCUT2D eigenvalue weighted by Gasteiger charge is 2.17. The number of benzene rings is 4. The Labute approximate surface area is 236 Å². The van der Waals surface area contributed by atoms with Crippen molar-refractivity contribution in [3.63, 3.8) is 0 Å². The Morgan fingerprint density at radius 1 is 0.800 bits per heavy atom. The minimum atomic E-state index is -0.333. The normalized spacial score (nSPS) is 10.9. The molecule has 0 atom stereocenters. The maximum absolute atomic E-state index is 12.8. The molecule has 0 saturated heterocycles. The molecule has 2 N–H and O–H groups in total. The van der Waals surface area contributed by atoms with E-state index < -0.39 is 0 Å². The van der Waals surface area contributed by atoms with Gasteiger partial charge in [-0.1, -0.05) is 72.8 Å². The number of ether oxygens (including phenoxy) is 4. The number of hydrogen-bond acceptors (Lipinski definition) is 6. The summed E-state index contributed by atoms with van der Waals surface area (Å²) in [6.07, 6.45) is 0.671. The molecule has 7 heteroatoms. The van der Waals surface area contributed by atoms with E-state index >= 15 is 0 Å². The molecule has 4 aromatic carbocycles. The Morgan fingerprint density at radius 3 is 2.12 bits per heavy atom. The van der Waals surface area contributed by atoms with Crippen molar-refractivity contribution in [3.8, 4) is 23.0 Å². The zero-order chi connectivity index (χ0) is 28.9. The van der Waals surface area contributed by atoms with Crippen LogP contribution < -0.4 is 24.3 Å². The fraction of sp³-hybridized carbons (Fsp3) is 0.242. The van der Waals surface area contributed by atoms with Crippen LogP contribution in [-0.2, 0) is 37.5 Å². The second-order valence-electron chi connectivity index (χ2n) is 9.14. The van der Waals surface area contributed by atoms with Crippen LogP contribution in [0.4, 0.5) is 0 Å². The maximum atomic E-state index is 12.8. The smallest absolute Gasteiger partial charge is 0.224 e. The van der Waals surface area contributed by atoms with Crippen molar-refractivity contribution in [1.82, 2.24) is 5.32 Å². The first-order valence-corrected chi connectivity index (χ1v) is 13.1. The molecule has 4 rings (SSSR count). The molecule has 0 heterocycles.